The normalized spacial score (nSPS) is 23.8. The molecule has 3 atom stereocenters. The van der Waals surface area contributed by atoms with Gasteiger partial charge in [-0.3, -0.25) is 9.88 Å². The zero-order valence-corrected chi connectivity index (χ0v) is 25.0. The van der Waals surface area contributed by atoms with Gasteiger partial charge in [-0.05, 0) is 62.2 Å². The molecule has 0 spiro atoms. The number of ether oxygens (including phenoxy) is 2. The van der Waals surface area contributed by atoms with E-state index < -0.39 is 23.3 Å². The summed E-state index contributed by atoms with van der Waals surface area (Å²) in [6.45, 7) is 2.66. The van der Waals surface area contributed by atoms with E-state index in [1.54, 1.807) is 7.11 Å². The molecule has 3 aliphatic rings. The zero-order valence-electron chi connectivity index (χ0n) is 25.0. The van der Waals surface area contributed by atoms with Crippen LogP contribution in [0.4, 0.5) is 19.0 Å². The van der Waals surface area contributed by atoms with Gasteiger partial charge in [0.1, 0.15) is 41.4 Å². The molecule has 0 radical (unpaired) electrons. The summed E-state index contributed by atoms with van der Waals surface area (Å²) in [5, 5.41) is 11.6. The summed E-state index contributed by atoms with van der Waals surface area (Å²) in [5.41, 5.74) is -0.537. The molecule has 4 aromatic rings. The highest BCUT2D eigenvalue weighted by Crippen LogP contribution is 2.42. The lowest BCUT2D eigenvalue weighted by Gasteiger charge is -2.31. The third-order valence-corrected chi connectivity index (χ3v) is 9.63. The molecular formula is C34H34F3N5O3. The summed E-state index contributed by atoms with van der Waals surface area (Å²) in [7, 11) is 1.70. The predicted molar refractivity (Wildman–Crippen MR) is 165 cm³/mol. The second-order valence-corrected chi connectivity index (χ2v) is 12.3. The Morgan fingerprint density at radius 1 is 1.13 bits per heavy atom. The molecule has 11 heteroatoms. The highest BCUT2D eigenvalue weighted by molar-refractivity contribution is 6.03. The van der Waals surface area contributed by atoms with Crippen molar-refractivity contribution in [2.75, 3.05) is 44.8 Å². The van der Waals surface area contributed by atoms with Gasteiger partial charge in [0.05, 0.1) is 22.6 Å². The first-order chi connectivity index (χ1) is 21.8. The highest BCUT2D eigenvalue weighted by Gasteiger charge is 2.49. The fraction of sp³-hybridized carbons (Fsp3) is 0.441. The van der Waals surface area contributed by atoms with Crippen molar-refractivity contribution in [3.63, 3.8) is 0 Å². The zero-order chi connectivity index (χ0) is 31.3. The van der Waals surface area contributed by atoms with Gasteiger partial charge in [0.25, 0.3) is 0 Å². The number of anilines is 1. The van der Waals surface area contributed by atoms with Crippen LogP contribution in [0.2, 0.25) is 0 Å². The second-order valence-electron chi connectivity index (χ2n) is 12.3. The van der Waals surface area contributed by atoms with Crippen LogP contribution in [-0.4, -0.2) is 82.7 Å². The maximum Gasteiger partial charge on any atom is 0.319 e. The van der Waals surface area contributed by atoms with E-state index in [2.05, 4.69) is 25.7 Å². The van der Waals surface area contributed by atoms with Crippen molar-refractivity contribution in [3.05, 3.63) is 47.7 Å². The number of halogens is 3. The highest BCUT2D eigenvalue weighted by atomic mass is 19.1. The van der Waals surface area contributed by atoms with Gasteiger partial charge in [-0.15, -0.1) is 6.42 Å². The Morgan fingerprint density at radius 2 is 2.00 bits per heavy atom. The predicted octanol–water partition coefficient (Wildman–Crippen LogP) is 5.77. The average molecular weight is 618 g/mol. The van der Waals surface area contributed by atoms with Crippen molar-refractivity contribution in [1.82, 2.24) is 19.9 Å². The topological polar surface area (TPSA) is 83.8 Å². The number of benzene rings is 2. The SMILES string of the molecule is C#Cc1c(F)ccc2cc(O)cc(-c3ncc4c(N5CCCC(OC)CC5)nc(OC[C@@]56CCCN5C[C@H](F)C6)nc4c3F)c12. The van der Waals surface area contributed by atoms with Gasteiger partial charge in [0.15, 0.2) is 5.82 Å². The van der Waals surface area contributed by atoms with E-state index >= 15 is 4.39 Å². The van der Waals surface area contributed by atoms with Gasteiger partial charge in [-0.2, -0.15) is 9.97 Å². The van der Waals surface area contributed by atoms with Crippen molar-refractivity contribution in [2.24, 2.45) is 0 Å². The maximum absolute atomic E-state index is 16.7. The monoisotopic (exact) mass is 617 g/mol. The summed E-state index contributed by atoms with van der Waals surface area (Å²) in [4.78, 5) is 18.0. The lowest BCUT2D eigenvalue weighted by atomic mass is 9.95. The molecule has 3 saturated heterocycles. The molecule has 0 aliphatic carbocycles. The molecule has 45 heavy (non-hydrogen) atoms. The van der Waals surface area contributed by atoms with Crippen LogP contribution in [0.15, 0.2) is 30.5 Å². The van der Waals surface area contributed by atoms with Crippen LogP contribution in [0, 0.1) is 24.0 Å². The number of alkyl halides is 1. The molecule has 3 aliphatic heterocycles. The lowest BCUT2D eigenvalue weighted by molar-refractivity contribution is 0.0931. The molecular weight excluding hydrogens is 583 g/mol. The maximum atomic E-state index is 16.7. The molecule has 234 valence electrons. The lowest BCUT2D eigenvalue weighted by Crippen LogP contribution is -2.43. The molecule has 7 rings (SSSR count). The second kappa shape index (κ2) is 11.7. The minimum atomic E-state index is -0.922. The van der Waals surface area contributed by atoms with Crippen molar-refractivity contribution < 1.29 is 27.8 Å². The molecule has 1 unspecified atom stereocenters. The molecule has 0 saturated carbocycles. The molecule has 0 amide bonds. The van der Waals surface area contributed by atoms with E-state index in [1.165, 1.54) is 30.5 Å². The smallest absolute Gasteiger partial charge is 0.319 e. The number of hydrogen-bond acceptors (Lipinski definition) is 8. The van der Waals surface area contributed by atoms with Crippen LogP contribution in [0.25, 0.3) is 32.9 Å². The number of hydrogen-bond donors (Lipinski definition) is 1. The van der Waals surface area contributed by atoms with Gasteiger partial charge in [-0.25, -0.2) is 13.2 Å². The minimum absolute atomic E-state index is 0.0132. The first-order valence-electron chi connectivity index (χ1n) is 15.4. The van der Waals surface area contributed by atoms with E-state index in [4.69, 9.17) is 20.9 Å². The van der Waals surface area contributed by atoms with Crippen molar-refractivity contribution in [3.8, 4) is 35.4 Å². The Hall–Kier alpha value is -4.14. The molecule has 2 aromatic heterocycles. The molecule has 2 aromatic carbocycles. The number of phenols is 1. The number of methoxy groups -OCH3 is 1. The Morgan fingerprint density at radius 3 is 2.82 bits per heavy atom. The standard InChI is InChI=1S/C34H34F3N5O3/c1-3-24-27(36)8-7-20-14-22(43)15-25(28(20)24)30-29(37)31-26(17-38-30)32(41-11-4-6-23(44-2)9-13-41)40-33(39-31)45-19-34-10-5-12-42(34)18-21(35)16-34/h1,7-8,14-15,17,21,23,43H,4-6,9-13,16,18-19H2,2H3/t21-,23?,34+/m1/s1. The summed E-state index contributed by atoms with van der Waals surface area (Å²) < 4.78 is 57.8. The number of terminal acetylenes is 1. The van der Waals surface area contributed by atoms with Crippen LogP contribution in [-0.2, 0) is 4.74 Å². The van der Waals surface area contributed by atoms with Crippen LogP contribution >= 0.6 is 0 Å². The van der Waals surface area contributed by atoms with Crippen molar-refractivity contribution >= 4 is 27.5 Å². The fourth-order valence-corrected chi connectivity index (χ4v) is 7.43. The largest absolute Gasteiger partial charge is 0.508 e. The number of phenolic OH excluding ortho intramolecular Hbond substituents is 1. The van der Waals surface area contributed by atoms with E-state index in [0.717, 1.165) is 38.6 Å². The molecule has 5 heterocycles. The third kappa shape index (κ3) is 5.20. The fourth-order valence-electron chi connectivity index (χ4n) is 7.43. The molecule has 0 bridgehead atoms. The Bertz CT molecular complexity index is 1830. The number of pyridine rings is 1. The Kier molecular flexibility index (Phi) is 7.66. The van der Waals surface area contributed by atoms with Crippen LogP contribution < -0.4 is 9.64 Å². The van der Waals surface area contributed by atoms with E-state index in [0.29, 0.717) is 42.6 Å². The van der Waals surface area contributed by atoms with E-state index in [1.807, 2.05) is 0 Å². The minimum Gasteiger partial charge on any atom is -0.508 e. The average Bonchev–Trinajstić information content (AvgIpc) is 3.44. The van der Waals surface area contributed by atoms with Gasteiger partial charge >= 0.3 is 6.01 Å². The van der Waals surface area contributed by atoms with Gasteiger partial charge < -0.3 is 19.5 Å². The van der Waals surface area contributed by atoms with Crippen molar-refractivity contribution in [2.45, 2.75) is 56.3 Å². The number of nitrogens with zero attached hydrogens (tertiary/aromatic N) is 5. The van der Waals surface area contributed by atoms with E-state index in [9.17, 15) is 13.9 Å². The first kappa shape index (κ1) is 29.6. The Balaban J connectivity index is 1.37. The van der Waals surface area contributed by atoms with Crippen LogP contribution in [0.1, 0.15) is 44.1 Å². The summed E-state index contributed by atoms with van der Waals surface area (Å²) in [5.74, 6) is 1.27. The molecule has 3 fully saturated rings. The van der Waals surface area contributed by atoms with Gasteiger partial charge in [-0.1, -0.05) is 12.0 Å². The third-order valence-electron chi connectivity index (χ3n) is 9.63. The summed E-state index contributed by atoms with van der Waals surface area (Å²) in [6.07, 6.45) is 11.0. The number of rotatable bonds is 6. The van der Waals surface area contributed by atoms with Gasteiger partial charge in [0.2, 0.25) is 0 Å². The summed E-state index contributed by atoms with van der Waals surface area (Å²) in [6, 6.07) is 5.43. The van der Waals surface area contributed by atoms with E-state index in [-0.39, 0.29) is 52.2 Å². The number of aromatic nitrogens is 3. The van der Waals surface area contributed by atoms with Crippen molar-refractivity contribution in [1.29, 1.82) is 0 Å². The first-order valence-corrected chi connectivity index (χ1v) is 15.4. The summed E-state index contributed by atoms with van der Waals surface area (Å²) >= 11 is 0. The Labute approximate surface area is 259 Å². The number of fused-ring (bicyclic) bond motifs is 3. The molecule has 8 nitrogen and oxygen atoms in total. The van der Waals surface area contributed by atoms with Gasteiger partial charge in [0, 0.05) is 50.3 Å². The molecule has 1 N–H and O–H groups in total. The quantitative estimate of drug-likeness (QED) is 0.273. The van der Waals surface area contributed by atoms with Crippen LogP contribution in [0.5, 0.6) is 11.8 Å². The van der Waals surface area contributed by atoms with Crippen LogP contribution in [0.3, 0.4) is 0 Å². The number of aromatic hydroxyl groups is 1.